The lowest BCUT2D eigenvalue weighted by atomic mass is 10.2. The minimum Gasteiger partial charge on any atom is -0.376 e. The number of carbonyl (C=O) groups excluding carboxylic acids is 1. The zero-order valence-corrected chi connectivity index (χ0v) is 16.1. The van der Waals surface area contributed by atoms with Gasteiger partial charge in [0.15, 0.2) is 5.13 Å². The summed E-state index contributed by atoms with van der Waals surface area (Å²) in [7, 11) is 0. The summed E-state index contributed by atoms with van der Waals surface area (Å²) in [4.78, 5) is 24.5. The first kappa shape index (κ1) is 17.5. The summed E-state index contributed by atoms with van der Waals surface area (Å²) in [6, 6.07) is 4.48. The summed E-state index contributed by atoms with van der Waals surface area (Å²) in [6.07, 6.45) is 1.91. The monoisotopic (exact) mass is 391 g/mol. The maximum absolute atomic E-state index is 13.5. The first-order valence-corrected chi connectivity index (χ1v) is 10.1. The molecular weight excluding hydrogens is 373 g/mol. The molecule has 1 aliphatic rings. The highest BCUT2D eigenvalue weighted by Gasteiger charge is 2.29. The van der Waals surface area contributed by atoms with Crippen LogP contribution in [0.5, 0.6) is 0 Å². The van der Waals surface area contributed by atoms with E-state index in [1.807, 2.05) is 13.8 Å². The lowest BCUT2D eigenvalue weighted by molar-refractivity contribution is 0.0920. The van der Waals surface area contributed by atoms with Crippen molar-refractivity contribution in [1.29, 1.82) is 0 Å². The van der Waals surface area contributed by atoms with Crippen LogP contribution >= 0.6 is 22.7 Å². The third-order valence-corrected chi connectivity index (χ3v) is 6.43. The topological polar surface area (TPSA) is 55.3 Å². The highest BCUT2D eigenvalue weighted by atomic mass is 32.1. The van der Waals surface area contributed by atoms with Gasteiger partial charge in [-0.1, -0.05) is 11.3 Å². The van der Waals surface area contributed by atoms with E-state index in [1.54, 1.807) is 11.0 Å². The van der Waals surface area contributed by atoms with Crippen molar-refractivity contribution >= 4 is 43.9 Å². The zero-order chi connectivity index (χ0) is 18.3. The molecule has 1 saturated heterocycles. The first-order chi connectivity index (χ1) is 12.5. The van der Waals surface area contributed by atoms with Gasteiger partial charge in [-0.3, -0.25) is 9.69 Å². The van der Waals surface area contributed by atoms with Gasteiger partial charge < -0.3 is 4.74 Å². The van der Waals surface area contributed by atoms with Crippen molar-refractivity contribution in [3.63, 3.8) is 0 Å². The molecule has 3 heterocycles. The molecule has 4 rings (SSSR count). The Morgan fingerprint density at radius 2 is 2.19 bits per heavy atom. The standard InChI is InChI=1S/C18H18FN3O2S2/c1-10-16(25-11(2)20-10)17(23)22(9-13-4-3-7-24-13)18-21-14-6-5-12(19)8-15(14)26-18/h5-6,8,13H,3-4,7,9H2,1-2H3. The Balaban J connectivity index is 1.73. The highest BCUT2D eigenvalue weighted by Crippen LogP contribution is 2.32. The van der Waals surface area contributed by atoms with E-state index in [9.17, 15) is 9.18 Å². The minimum atomic E-state index is -0.307. The number of fused-ring (bicyclic) bond motifs is 1. The van der Waals surface area contributed by atoms with Gasteiger partial charge in [-0.05, 0) is 44.9 Å². The van der Waals surface area contributed by atoms with Crippen molar-refractivity contribution < 1.29 is 13.9 Å². The molecule has 8 heteroatoms. The normalized spacial score (nSPS) is 17.1. The molecule has 0 aliphatic carbocycles. The van der Waals surface area contributed by atoms with Crippen molar-refractivity contribution in [2.75, 3.05) is 18.1 Å². The van der Waals surface area contributed by atoms with Crippen molar-refractivity contribution in [2.24, 2.45) is 0 Å². The van der Waals surface area contributed by atoms with E-state index in [4.69, 9.17) is 4.74 Å². The fourth-order valence-corrected chi connectivity index (χ4v) is 4.96. The number of anilines is 1. The Labute approximate surface area is 158 Å². The van der Waals surface area contributed by atoms with E-state index >= 15 is 0 Å². The molecule has 1 aliphatic heterocycles. The van der Waals surface area contributed by atoms with Gasteiger partial charge in [-0.25, -0.2) is 14.4 Å². The van der Waals surface area contributed by atoms with Crippen LogP contribution in [-0.4, -0.2) is 35.1 Å². The molecule has 1 amide bonds. The molecule has 1 atom stereocenters. The molecule has 1 aromatic carbocycles. The maximum Gasteiger partial charge on any atom is 0.272 e. The Hall–Kier alpha value is -1.90. The molecule has 0 radical (unpaired) electrons. The van der Waals surface area contributed by atoms with E-state index in [2.05, 4.69) is 9.97 Å². The largest absolute Gasteiger partial charge is 0.376 e. The number of carbonyl (C=O) groups is 1. The van der Waals surface area contributed by atoms with Crippen molar-refractivity contribution in [2.45, 2.75) is 32.8 Å². The Morgan fingerprint density at radius 1 is 1.35 bits per heavy atom. The van der Waals surface area contributed by atoms with Crippen LogP contribution in [-0.2, 0) is 4.74 Å². The molecule has 1 unspecified atom stereocenters. The summed E-state index contributed by atoms with van der Waals surface area (Å²) >= 11 is 2.71. The molecule has 0 saturated carbocycles. The molecule has 0 N–H and O–H groups in total. The number of nitrogens with zero attached hydrogens (tertiary/aromatic N) is 3. The fourth-order valence-electron chi connectivity index (χ4n) is 3.09. The van der Waals surface area contributed by atoms with Crippen molar-refractivity contribution in [3.05, 3.63) is 39.6 Å². The molecule has 26 heavy (non-hydrogen) atoms. The smallest absolute Gasteiger partial charge is 0.272 e. The number of aromatic nitrogens is 2. The average Bonchev–Trinajstić information content (AvgIpc) is 3.31. The summed E-state index contributed by atoms with van der Waals surface area (Å²) in [5.74, 6) is -0.429. The van der Waals surface area contributed by atoms with Gasteiger partial charge >= 0.3 is 0 Å². The molecular formula is C18H18FN3O2S2. The van der Waals surface area contributed by atoms with Gasteiger partial charge in [0.25, 0.3) is 5.91 Å². The average molecular weight is 391 g/mol. The van der Waals surface area contributed by atoms with Crippen LogP contribution in [0, 0.1) is 19.7 Å². The second-order valence-corrected chi connectivity index (χ2v) is 8.52. The van der Waals surface area contributed by atoms with E-state index in [0.717, 1.165) is 34.8 Å². The number of halogens is 1. The summed E-state index contributed by atoms with van der Waals surface area (Å²) < 4.78 is 20.0. The first-order valence-electron chi connectivity index (χ1n) is 8.45. The van der Waals surface area contributed by atoms with Crippen molar-refractivity contribution in [3.8, 4) is 0 Å². The molecule has 2 aromatic heterocycles. The second-order valence-electron chi connectivity index (χ2n) is 6.31. The van der Waals surface area contributed by atoms with Gasteiger partial charge in [0.1, 0.15) is 10.7 Å². The van der Waals surface area contributed by atoms with Crippen LogP contribution in [0.2, 0.25) is 0 Å². The second kappa shape index (κ2) is 7.02. The number of hydrogen-bond acceptors (Lipinski definition) is 6. The molecule has 5 nitrogen and oxygen atoms in total. The maximum atomic E-state index is 13.5. The predicted octanol–water partition coefficient (Wildman–Crippen LogP) is 4.33. The van der Waals surface area contributed by atoms with Crippen LogP contribution in [0.3, 0.4) is 0 Å². The zero-order valence-electron chi connectivity index (χ0n) is 14.5. The number of ether oxygens (including phenoxy) is 1. The van der Waals surface area contributed by atoms with Gasteiger partial charge in [-0.2, -0.15) is 0 Å². The number of aryl methyl sites for hydroxylation is 2. The van der Waals surface area contributed by atoms with Crippen LogP contribution in [0.15, 0.2) is 18.2 Å². The summed E-state index contributed by atoms with van der Waals surface area (Å²) in [5.41, 5.74) is 1.41. The quantitative estimate of drug-likeness (QED) is 0.664. The SMILES string of the molecule is Cc1nc(C)c(C(=O)N(CC2CCCO2)c2nc3ccc(F)cc3s2)s1. The van der Waals surface area contributed by atoms with E-state index in [-0.39, 0.29) is 17.8 Å². The van der Waals surface area contributed by atoms with Gasteiger partial charge in [-0.15, -0.1) is 11.3 Å². The lowest BCUT2D eigenvalue weighted by Crippen LogP contribution is -2.37. The van der Waals surface area contributed by atoms with Crippen LogP contribution in [0.25, 0.3) is 10.2 Å². The fraction of sp³-hybridized carbons (Fsp3) is 0.389. The molecule has 1 fully saturated rings. The third-order valence-electron chi connectivity index (χ3n) is 4.32. The number of benzene rings is 1. The predicted molar refractivity (Wildman–Crippen MR) is 102 cm³/mol. The molecule has 0 bridgehead atoms. The summed E-state index contributed by atoms with van der Waals surface area (Å²) in [6.45, 7) is 4.89. The van der Waals surface area contributed by atoms with Gasteiger partial charge in [0.2, 0.25) is 0 Å². The van der Waals surface area contributed by atoms with Crippen LogP contribution in [0.4, 0.5) is 9.52 Å². The molecule has 136 valence electrons. The summed E-state index contributed by atoms with van der Waals surface area (Å²) in [5, 5.41) is 1.42. The highest BCUT2D eigenvalue weighted by molar-refractivity contribution is 7.22. The lowest BCUT2D eigenvalue weighted by Gasteiger charge is -2.22. The van der Waals surface area contributed by atoms with Gasteiger partial charge in [0.05, 0.1) is 33.6 Å². The molecule has 3 aromatic rings. The minimum absolute atomic E-state index is 0.00276. The molecule has 0 spiro atoms. The Bertz CT molecular complexity index is 963. The van der Waals surface area contributed by atoms with E-state index in [1.165, 1.54) is 34.8 Å². The van der Waals surface area contributed by atoms with Gasteiger partial charge in [0, 0.05) is 6.61 Å². The number of hydrogen-bond donors (Lipinski definition) is 0. The number of thiazole rings is 2. The van der Waals surface area contributed by atoms with Crippen molar-refractivity contribution in [1.82, 2.24) is 9.97 Å². The van der Waals surface area contributed by atoms with Crippen LogP contribution < -0.4 is 4.90 Å². The Kier molecular flexibility index (Phi) is 4.73. The van der Waals surface area contributed by atoms with E-state index < -0.39 is 0 Å². The third kappa shape index (κ3) is 3.36. The Morgan fingerprint density at radius 3 is 2.88 bits per heavy atom. The number of amides is 1. The van der Waals surface area contributed by atoms with Crippen LogP contribution in [0.1, 0.15) is 33.2 Å². The number of rotatable bonds is 4. The van der Waals surface area contributed by atoms with E-state index in [0.29, 0.717) is 22.1 Å².